The van der Waals surface area contributed by atoms with Gasteiger partial charge in [0.2, 0.25) is 0 Å². The minimum absolute atomic E-state index is 0.0450. The average Bonchev–Trinajstić information content (AvgIpc) is 2.56. The molecule has 2 heterocycles. The number of carbonyl (C=O) groups excluding carboxylic acids is 2. The van der Waals surface area contributed by atoms with Crippen molar-refractivity contribution in [1.29, 1.82) is 0 Å². The highest BCUT2D eigenvalue weighted by atomic mass is 19.1. The summed E-state index contributed by atoms with van der Waals surface area (Å²) in [5.74, 6) is -1.84. The van der Waals surface area contributed by atoms with E-state index >= 15 is 0 Å². The fraction of sp³-hybridized carbons (Fsp3) is 0.389. The first-order valence-electron chi connectivity index (χ1n) is 8.13. The molecule has 0 bridgehead atoms. The summed E-state index contributed by atoms with van der Waals surface area (Å²) in [6, 6.07) is 1.13. The number of hydrogen-bond acceptors (Lipinski definition) is 5. The molecule has 1 amide bonds. The van der Waals surface area contributed by atoms with E-state index < -0.39 is 17.5 Å². The van der Waals surface area contributed by atoms with Crippen LogP contribution in [-0.4, -0.2) is 29.8 Å². The number of pyridine rings is 1. The number of Topliss-reactive ketones (excluding diaryl/α,β-unsaturated/α-hetero) is 1. The third-order valence-corrected chi connectivity index (χ3v) is 4.42. The number of allylic oxidation sites excluding steroid dienone is 2. The summed E-state index contributed by atoms with van der Waals surface area (Å²) in [6.45, 7) is 6.24. The lowest BCUT2D eigenvalue weighted by Crippen LogP contribution is -2.33. The zero-order valence-corrected chi connectivity index (χ0v) is 14.7. The molecule has 0 unspecified atom stereocenters. The number of aryl methyl sites for hydroxylation is 1. The van der Waals surface area contributed by atoms with Crippen LogP contribution in [0.5, 0.6) is 0 Å². The van der Waals surface area contributed by atoms with Crippen molar-refractivity contribution in [3.63, 3.8) is 0 Å². The molecule has 0 spiro atoms. The highest BCUT2D eigenvalue weighted by Gasteiger charge is 2.24. The van der Waals surface area contributed by atoms with Gasteiger partial charge in [0, 0.05) is 24.4 Å². The second-order valence-electron chi connectivity index (χ2n) is 6.10. The van der Waals surface area contributed by atoms with E-state index in [2.05, 4.69) is 4.98 Å². The average molecular weight is 346 g/mol. The van der Waals surface area contributed by atoms with Gasteiger partial charge < -0.3 is 16.4 Å². The first-order chi connectivity index (χ1) is 11.8. The zero-order chi connectivity index (χ0) is 18.7. The molecule has 4 N–H and O–H groups in total. The summed E-state index contributed by atoms with van der Waals surface area (Å²) in [6.07, 6.45) is 2.84. The second-order valence-corrected chi connectivity index (χ2v) is 6.10. The molecule has 1 fully saturated rings. The molecule has 0 aromatic carbocycles. The van der Waals surface area contributed by atoms with Crippen molar-refractivity contribution < 1.29 is 14.0 Å². The maximum absolute atomic E-state index is 14.6. The van der Waals surface area contributed by atoms with E-state index in [1.165, 1.54) is 18.6 Å². The minimum atomic E-state index is -0.844. The molecule has 0 aliphatic carbocycles. The molecule has 6 nitrogen and oxygen atoms in total. The molecule has 25 heavy (non-hydrogen) atoms. The number of primary amides is 1. The summed E-state index contributed by atoms with van der Waals surface area (Å²) in [4.78, 5) is 29.8. The fourth-order valence-electron chi connectivity index (χ4n) is 2.93. The molecular formula is C18H23FN4O2. The molecule has 134 valence electrons. The Morgan fingerprint density at radius 3 is 2.36 bits per heavy atom. The summed E-state index contributed by atoms with van der Waals surface area (Å²) >= 11 is 0. The number of rotatable bonds is 4. The Balaban J connectivity index is 2.31. The lowest BCUT2D eigenvalue weighted by atomic mass is 10.0. The van der Waals surface area contributed by atoms with E-state index in [0.29, 0.717) is 18.8 Å². The van der Waals surface area contributed by atoms with Crippen molar-refractivity contribution in [3.8, 4) is 0 Å². The topological polar surface area (TPSA) is 102 Å². The van der Waals surface area contributed by atoms with Gasteiger partial charge in [0.1, 0.15) is 0 Å². The number of halogens is 1. The first-order valence-corrected chi connectivity index (χ1v) is 8.13. The summed E-state index contributed by atoms with van der Waals surface area (Å²) < 4.78 is 14.6. The SMILES string of the molecule is C/C=C(/C(N)=O)C(=O)c1cc(F)c(N2CCC(=C(C)N)CC2)nc1C. The molecule has 1 aromatic rings. The molecule has 0 radical (unpaired) electrons. The molecule has 2 rings (SSSR count). The van der Waals surface area contributed by atoms with E-state index in [-0.39, 0.29) is 17.0 Å². The van der Waals surface area contributed by atoms with Gasteiger partial charge in [-0.2, -0.15) is 0 Å². The van der Waals surface area contributed by atoms with Crippen LogP contribution >= 0.6 is 0 Å². The lowest BCUT2D eigenvalue weighted by molar-refractivity contribution is -0.114. The third kappa shape index (κ3) is 3.87. The Hall–Kier alpha value is -2.70. The fourth-order valence-corrected chi connectivity index (χ4v) is 2.93. The van der Waals surface area contributed by atoms with Gasteiger partial charge in [0.15, 0.2) is 17.4 Å². The molecule has 1 aliphatic heterocycles. The van der Waals surface area contributed by atoms with Gasteiger partial charge in [-0.15, -0.1) is 0 Å². The van der Waals surface area contributed by atoms with Crippen LogP contribution in [-0.2, 0) is 4.79 Å². The second kappa shape index (κ2) is 7.46. The van der Waals surface area contributed by atoms with E-state index in [9.17, 15) is 14.0 Å². The van der Waals surface area contributed by atoms with Crippen LogP contribution in [0.3, 0.4) is 0 Å². The van der Waals surface area contributed by atoms with Gasteiger partial charge in [-0.25, -0.2) is 9.37 Å². The van der Waals surface area contributed by atoms with Crippen LogP contribution in [0.4, 0.5) is 10.2 Å². The van der Waals surface area contributed by atoms with E-state index in [4.69, 9.17) is 11.5 Å². The monoisotopic (exact) mass is 346 g/mol. The van der Waals surface area contributed by atoms with Crippen molar-refractivity contribution in [2.24, 2.45) is 11.5 Å². The number of piperidine rings is 1. The van der Waals surface area contributed by atoms with Crippen molar-refractivity contribution in [1.82, 2.24) is 4.98 Å². The summed E-state index contributed by atoms with van der Waals surface area (Å²) in [5, 5.41) is 0. The molecule has 0 atom stereocenters. The Morgan fingerprint density at radius 1 is 1.28 bits per heavy atom. The highest BCUT2D eigenvalue weighted by Crippen LogP contribution is 2.26. The maximum atomic E-state index is 14.6. The van der Waals surface area contributed by atoms with Crippen LogP contribution in [0.25, 0.3) is 0 Å². The van der Waals surface area contributed by atoms with Gasteiger partial charge >= 0.3 is 0 Å². The van der Waals surface area contributed by atoms with E-state index in [0.717, 1.165) is 24.6 Å². The number of carbonyl (C=O) groups is 2. The van der Waals surface area contributed by atoms with Gasteiger partial charge in [-0.1, -0.05) is 6.08 Å². The molecular weight excluding hydrogens is 323 g/mol. The maximum Gasteiger partial charge on any atom is 0.252 e. The zero-order valence-electron chi connectivity index (χ0n) is 14.7. The molecule has 1 aromatic heterocycles. The number of anilines is 1. The van der Waals surface area contributed by atoms with Gasteiger partial charge in [0.25, 0.3) is 5.91 Å². The van der Waals surface area contributed by atoms with Crippen LogP contribution in [0.1, 0.15) is 42.7 Å². The van der Waals surface area contributed by atoms with Crippen LogP contribution in [0.2, 0.25) is 0 Å². The number of amides is 1. The molecule has 7 heteroatoms. The van der Waals surface area contributed by atoms with Crippen LogP contribution < -0.4 is 16.4 Å². The van der Waals surface area contributed by atoms with Crippen molar-refractivity contribution in [2.45, 2.75) is 33.6 Å². The predicted octanol–water partition coefficient (Wildman–Crippen LogP) is 1.98. The number of ketones is 1. The smallest absolute Gasteiger partial charge is 0.252 e. The summed E-state index contributed by atoms with van der Waals surface area (Å²) in [5.41, 5.74) is 13.2. The predicted molar refractivity (Wildman–Crippen MR) is 94.5 cm³/mol. The largest absolute Gasteiger partial charge is 0.402 e. The van der Waals surface area contributed by atoms with Gasteiger partial charge in [0.05, 0.1) is 11.3 Å². The van der Waals surface area contributed by atoms with Gasteiger partial charge in [-0.3, -0.25) is 9.59 Å². The Morgan fingerprint density at radius 2 is 1.88 bits per heavy atom. The lowest BCUT2D eigenvalue weighted by Gasteiger charge is -2.30. The molecule has 1 aliphatic rings. The van der Waals surface area contributed by atoms with Crippen LogP contribution in [0, 0.1) is 12.7 Å². The minimum Gasteiger partial charge on any atom is -0.402 e. The first kappa shape index (κ1) is 18.6. The Bertz CT molecular complexity index is 770. The third-order valence-electron chi connectivity index (χ3n) is 4.42. The number of nitrogens with two attached hydrogens (primary N) is 2. The normalized spacial score (nSPS) is 15.3. The van der Waals surface area contributed by atoms with Gasteiger partial charge in [-0.05, 0) is 45.3 Å². The summed E-state index contributed by atoms with van der Waals surface area (Å²) in [7, 11) is 0. The van der Waals surface area contributed by atoms with Crippen molar-refractivity contribution in [2.75, 3.05) is 18.0 Å². The number of hydrogen-bond donors (Lipinski definition) is 2. The highest BCUT2D eigenvalue weighted by molar-refractivity contribution is 6.25. The quantitative estimate of drug-likeness (QED) is 0.376. The number of nitrogens with zero attached hydrogens (tertiary/aromatic N) is 2. The van der Waals surface area contributed by atoms with E-state index in [1.54, 1.807) is 6.92 Å². The van der Waals surface area contributed by atoms with Crippen molar-refractivity contribution in [3.05, 3.63) is 46.1 Å². The van der Waals surface area contributed by atoms with Crippen molar-refractivity contribution >= 4 is 17.5 Å². The number of aromatic nitrogens is 1. The van der Waals surface area contributed by atoms with Crippen LogP contribution in [0.15, 0.2) is 29.0 Å². The Labute approximate surface area is 146 Å². The standard InChI is InChI=1S/C18H23FN4O2/c1-4-13(17(21)25)16(24)14-9-15(19)18(22-11(14)3)23-7-5-12(6-8-23)10(2)20/h4,9H,5-8,20H2,1-3H3,(H2,21,25)/b13-4+. The molecule has 0 saturated carbocycles. The molecule has 1 saturated heterocycles. The van der Waals surface area contributed by atoms with E-state index in [1.807, 2.05) is 11.8 Å². The Kier molecular flexibility index (Phi) is 5.56.